The molecule has 7 nitrogen and oxygen atoms in total. The van der Waals surface area contributed by atoms with Gasteiger partial charge in [-0.1, -0.05) is 18.2 Å². The Labute approximate surface area is 197 Å². The molecule has 188 valence electrons. The van der Waals surface area contributed by atoms with E-state index in [-0.39, 0.29) is 5.56 Å². The minimum atomic E-state index is -4.88. The molecule has 0 bridgehead atoms. The van der Waals surface area contributed by atoms with E-state index in [4.69, 9.17) is 0 Å². The molecule has 0 spiro atoms. The lowest BCUT2D eigenvalue weighted by molar-refractivity contribution is -0.274. The van der Waals surface area contributed by atoms with Gasteiger partial charge in [0.05, 0.1) is 6.54 Å². The van der Waals surface area contributed by atoms with Crippen molar-refractivity contribution in [1.29, 1.82) is 0 Å². The highest BCUT2D eigenvalue weighted by atomic mass is 19.4. The predicted molar refractivity (Wildman–Crippen MR) is 108 cm³/mol. The molecule has 0 saturated carbocycles. The Morgan fingerprint density at radius 3 is 2.14 bits per heavy atom. The highest BCUT2D eigenvalue weighted by molar-refractivity contribution is 5.63. The van der Waals surface area contributed by atoms with E-state index in [9.17, 15) is 27.1 Å². The number of alkyl halides is 5. The molecule has 0 saturated heterocycles. The van der Waals surface area contributed by atoms with Crippen LogP contribution in [0.4, 0.5) is 30.7 Å². The fourth-order valence-electron chi connectivity index (χ4n) is 3.48. The van der Waals surface area contributed by atoms with Crippen molar-refractivity contribution in [2.45, 2.75) is 24.4 Å². The first-order valence-corrected chi connectivity index (χ1v) is 9.98. The van der Waals surface area contributed by atoms with Crippen LogP contribution in [0.3, 0.4) is 0 Å². The van der Waals surface area contributed by atoms with E-state index in [1.165, 1.54) is 18.2 Å². The number of aliphatic hydroxyl groups is 1. The lowest BCUT2D eigenvalue weighted by Crippen LogP contribution is -2.48. The SMILES string of the molecule is O[C@@](Cn1cnnn1)(c1ccc(F)cc1F)C(F)(F)c1ccc(-c2ccc(OC(F)(F)F)cc2)cn1. The smallest absolute Gasteiger partial charge is 0.406 e. The van der Waals surface area contributed by atoms with Crippen LogP contribution in [0.15, 0.2) is 67.1 Å². The molecular weight excluding hydrogens is 499 g/mol. The molecule has 36 heavy (non-hydrogen) atoms. The largest absolute Gasteiger partial charge is 0.573 e. The van der Waals surface area contributed by atoms with Gasteiger partial charge in [0.2, 0.25) is 0 Å². The van der Waals surface area contributed by atoms with Gasteiger partial charge in [-0.2, -0.15) is 8.78 Å². The van der Waals surface area contributed by atoms with Crippen LogP contribution in [0.5, 0.6) is 5.75 Å². The van der Waals surface area contributed by atoms with Crippen molar-refractivity contribution in [2.75, 3.05) is 0 Å². The summed E-state index contributed by atoms with van der Waals surface area (Å²) in [6.07, 6.45) is -2.95. The predicted octanol–water partition coefficient (Wildman–Crippen LogP) is 4.59. The third-order valence-corrected chi connectivity index (χ3v) is 5.18. The van der Waals surface area contributed by atoms with E-state index < -0.39 is 53.1 Å². The Bertz CT molecular complexity index is 1330. The summed E-state index contributed by atoms with van der Waals surface area (Å²) in [6.45, 7) is -1.01. The van der Waals surface area contributed by atoms with Crippen molar-refractivity contribution in [3.63, 3.8) is 0 Å². The van der Waals surface area contributed by atoms with Crippen molar-refractivity contribution in [1.82, 2.24) is 25.2 Å². The number of nitrogens with zero attached hydrogens (tertiary/aromatic N) is 5. The summed E-state index contributed by atoms with van der Waals surface area (Å²) in [4.78, 5) is 3.70. The molecule has 0 amide bonds. The van der Waals surface area contributed by atoms with Crippen LogP contribution in [0, 0.1) is 11.6 Å². The summed E-state index contributed by atoms with van der Waals surface area (Å²) in [7, 11) is 0. The monoisotopic (exact) mass is 513 g/mol. The van der Waals surface area contributed by atoms with Gasteiger partial charge in [-0.25, -0.2) is 13.5 Å². The Kier molecular flexibility index (Phi) is 6.39. The molecule has 2 heterocycles. The Balaban J connectivity index is 1.69. The van der Waals surface area contributed by atoms with Crippen LogP contribution >= 0.6 is 0 Å². The van der Waals surface area contributed by atoms with Gasteiger partial charge in [-0.15, -0.1) is 18.3 Å². The van der Waals surface area contributed by atoms with Crippen LogP contribution in [0.2, 0.25) is 0 Å². The lowest BCUT2D eigenvalue weighted by Gasteiger charge is -2.35. The average molecular weight is 513 g/mol. The molecular formula is C22H14F7N5O2. The number of pyridine rings is 1. The number of ether oxygens (including phenoxy) is 1. The van der Waals surface area contributed by atoms with E-state index in [1.807, 2.05) is 0 Å². The Morgan fingerprint density at radius 1 is 0.889 bits per heavy atom. The van der Waals surface area contributed by atoms with Gasteiger partial charge in [0.15, 0.2) is 5.60 Å². The number of halogens is 7. The molecule has 0 radical (unpaired) electrons. The lowest BCUT2D eigenvalue weighted by atomic mass is 9.84. The number of hydrogen-bond acceptors (Lipinski definition) is 6. The number of tetrazole rings is 1. The van der Waals surface area contributed by atoms with E-state index in [1.54, 1.807) is 0 Å². The van der Waals surface area contributed by atoms with Crippen molar-refractivity contribution >= 4 is 0 Å². The molecule has 0 fully saturated rings. The molecule has 1 atom stereocenters. The first-order valence-electron chi connectivity index (χ1n) is 9.98. The van der Waals surface area contributed by atoms with Crippen molar-refractivity contribution < 1.29 is 40.6 Å². The molecule has 0 aliphatic rings. The molecule has 4 rings (SSSR count). The van der Waals surface area contributed by atoms with Crippen molar-refractivity contribution in [3.8, 4) is 16.9 Å². The summed E-state index contributed by atoms with van der Waals surface area (Å²) in [6, 6.07) is 8.38. The molecule has 14 heteroatoms. The maximum absolute atomic E-state index is 15.7. The number of rotatable bonds is 7. The fourth-order valence-corrected chi connectivity index (χ4v) is 3.48. The summed E-state index contributed by atoms with van der Waals surface area (Å²) < 4.78 is 101. The topological polar surface area (TPSA) is 86.0 Å². The standard InChI is InChI=1S/C22H14F7N5O2/c23-15-4-7-17(18(24)9-15)20(35,11-34-12-31-32-33-34)21(25,26)19-8-3-14(10-30-19)13-1-5-16(6-2-13)36-22(27,28)29/h1-10,12,35H,11H2/t20-/m0/s1. The van der Waals surface area contributed by atoms with E-state index >= 15 is 8.78 Å². The minimum absolute atomic E-state index is 0.255. The average Bonchev–Trinajstić information content (AvgIpc) is 3.31. The molecule has 0 aliphatic heterocycles. The van der Waals surface area contributed by atoms with Crippen molar-refractivity contribution in [2.24, 2.45) is 0 Å². The second kappa shape index (κ2) is 9.18. The van der Waals surface area contributed by atoms with E-state index in [2.05, 4.69) is 25.2 Å². The minimum Gasteiger partial charge on any atom is -0.406 e. The fraction of sp³-hybridized carbons (Fsp3) is 0.182. The quantitative estimate of drug-likeness (QED) is 0.364. The van der Waals surface area contributed by atoms with Crippen LogP contribution in [0.1, 0.15) is 11.3 Å². The van der Waals surface area contributed by atoms with Gasteiger partial charge in [-0.05, 0) is 46.3 Å². The molecule has 0 unspecified atom stereocenters. The van der Waals surface area contributed by atoms with Gasteiger partial charge >= 0.3 is 12.3 Å². The third-order valence-electron chi connectivity index (χ3n) is 5.18. The van der Waals surface area contributed by atoms with Gasteiger partial charge < -0.3 is 9.84 Å². The first-order chi connectivity index (χ1) is 16.9. The Hall–Kier alpha value is -4.07. The zero-order valence-corrected chi connectivity index (χ0v) is 17.8. The summed E-state index contributed by atoms with van der Waals surface area (Å²) in [5.41, 5.74) is -4.60. The molecule has 4 aromatic rings. The third kappa shape index (κ3) is 4.98. The number of aromatic nitrogens is 5. The van der Waals surface area contributed by atoms with Gasteiger partial charge in [-0.3, -0.25) is 4.98 Å². The summed E-state index contributed by atoms with van der Waals surface area (Å²) in [5.74, 6) is -7.20. The maximum atomic E-state index is 15.7. The molecule has 2 aromatic carbocycles. The summed E-state index contributed by atoms with van der Waals surface area (Å²) in [5, 5.41) is 21.2. The highest BCUT2D eigenvalue weighted by Crippen LogP contribution is 2.46. The number of hydrogen-bond donors (Lipinski definition) is 1. The van der Waals surface area contributed by atoms with Gasteiger partial charge in [0, 0.05) is 23.4 Å². The van der Waals surface area contributed by atoms with Crippen LogP contribution in [-0.4, -0.2) is 36.7 Å². The molecule has 2 aromatic heterocycles. The summed E-state index contributed by atoms with van der Waals surface area (Å²) >= 11 is 0. The normalized spacial score (nSPS) is 13.9. The van der Waals surface area contributed by atoms with Crippen LogP contribution in [0.25, 0.3) is 11.1 Å². The molecule has 1 N–H and O–H groups in total. The maximum Gasteiger partial charge on any atom is 0.573 e. The number of benzene rings is 2. The highest BCUT2D eigenvalue weighted by Gasteiger charge is 2.58. The first kappa shape index (κ1) is 25.0. The zero-order chi connectivity index (χ0) is 26.1. The van der Waals surface area contributed by atoms with Gasteiger partial charge in [0.25, 0.3) is 0 Å². The zero-order valence-electron chi connectivity index (χ0n) is 17.8. The van der Waals surface area contributed by atoms with E-state index in [0.29, 0.717) is 23.8 Å². The van der Waals surface area contributed by atoms with Crippen molar-refractivity contribution in [3.05, 3.63) is 90.0 Å². The second-order valence-corrected chi connectivity index (χ2v) is 7.57. The van der Waals surface area contributed by atoms with Crippen LogP contribution < -0.4 is 4.74 Å². The van der Waals surface area contributed by atoms with Gasteiger partial charge in [0.1, 0.15) is 29.4 Å². The van der Waals surface area contributed by atoms with E-state index in [0.717, 1.165) is 35.4 Å². The Morgan fingerprint density at radius 2 is 1.58 bits per heavy atom. The van der Waals surface area contributed by atoms with Crippen LogP contribution in [-0.2, 0) is 18.1 Å². The second-order valence-electron chi connectivity index (χ2n) is 7.57. The molecule has 0 aliphatic carbocycles.